The molecule has 1 saturated heterocycles. The van der Waals surface area contributed by atoms with Crippen molar-refractivity contribution in [3.05, 3.63) is 47.8 Å². The van der Waals surface area contributed by atoms with Crippen molar-refractivity contribution >= 4 is 11.7 Å². The molecular weight excluding hydrogens is 361 g/mol. The first-order chi connectivity index (χ1) is 12.9. The number of carbonyl (C=O) groups is 1. The molecule has 3 heterocycles. The molecule has 2 aromatic heterocycles. The molecule has 0 spiro atoms. The molecule has 0 radical (unpaired) electrons. The summed E-state index contributed by atoms with van der Waals surface area (Å²) >= 11 is 0. The van der Waals surface area contributed by atoms with Crippen molar-refractivity contribution in [1.82, 2.24) is 15.3 Å². The molecule has 1 amide bonds. The monoisotopic (exact) mass is 380 g/mol. The zero-order valence-corrected chi connectivity index (χ0v) is 14.5. The molecule has 0 unspecified atom stereocenters. The first-order valence-corrected chi connectivity index (χ1v) is 8.55. The van der Waals surface area contributed by atoms with Crippen LogP contribution in [0.1, 0.15) is 28.8 Å². The van der Waals surface area contributed by atoms with E-state index < -0.39 is 18.7 Å². The molecule has 0 aromatic carbocycles. The van der Waals surface area contributed by atoms with Crippen LogP contribution >= 0.6 is 0 Å². The first-order valence-electron chi connectivity index (χ1n) is 8.55. The Labute approximate surface area is 154 Å². The summed E-state index contributed by atoms with van der Waals surface area (Å²) in [7, 11) is 0. The molecular formula is C18H19F3N4O2. The highest BCUT2D eigenvalue weighted by molar-refractivity contribution is 5.96. The molecule has 6 nitrogen and oxygen atoms in total. The molecule has 0 saturated carbocycles. The summed E-state index contributed by atoms with van der Waals surface area (Å²) in [6, 6.07) is 6.59. The van der Waals surface area contributed by atoms with Crippen LogP contribution in [0.25, 0.3) is 0 Å². The maximum Gasteiger partial charge on any atom is 0.422 e. The average molecular weight is 380 g/mol. The number of aromatic nitrogens is 2. The highest BCUT2D eigenvalue weighted by atomic mass is 19.4. The second kappa shape index (κ2) is 8.24. The fourth-order valence-electron chi connectivity index (χ4n) is 2.76. The van der Waals surface area contributed by atoms with Gasteiger partial charge in [-0.05, 0) is 36.6 Å². The van der Waals surface area contributed by atoms with Crippen molar-refractivity contribution < 1.29 is 22.7 Å². The van der Waals surface area contributed by atoms with Crippen LogP contribution in [0.3, 0.4) is 0 Å². The Hall–Kier alpha value is -2.84. The van der Waals surface area contributed by atoms with Crippen LogP contribution in [0.2, 0.25) is 0 Å². The summed E-state index contributed by atoms with van der Waals surface area (Å²) in [4.78, 5) is 22.6. The molecule has 144 valence electrons. The molecule has 9 heteroatoms. The highest BCUT2D eigenvalue weighted by Gasteiger charge is 2.29. The minimum atomic E-state index is -4.51. The van der Waals surface area contributed by atoms with E-state index >= 15 is 0 Å². The van der Waals surface area contributed by atoms with Crippen LogP contribution in [-0.2, 0) is 6.54 Å². The van der Waals surface area contributed by atoms with E-state index in [9.17, 15) is 18.0 Å². The van der Waals surface area contributed by atoms with Gasteiger partial charge in [0, 0.05) is 32.0 Å². The van der Waals surface area contributed by atoms with E-state index in [2.05, 4.69) is 24.9 Å². The van der Waals surface area contributed by atoms with Gasteiger partial charge in [-0.25, -0.2) is 9.97 Å². The minimum Gasteiger partial charge on any atom is -0.467 e. The van der Waals surface area contributed by atoms with Gasteiger partial charge in [-0.15, -0.1) is 0 Å². The van der Waals surface area contributed by atoms with Gasteiger partial charge < -0.3 is 15.0 Å². The Morgan fingerprint density at radius 1 is 1.19 bits per heavy atom. The molecule has 27 heavy (non-hydrogen) atoms. The largest absolute Gasteiger partial charge is 0.467 e. The number of halogens is 3. The fourth-order valence-corrected chi connectivity index (χ4v) is 2.76. The number of pyridine rings is 2. The molecule has 1 N–H and O–H groups in total. The third kappa shape index (κ3) is 5.32. The van der Waals surface area contributed by atoms with E-state index in [0.29, 0.717) is 0 Å². The third-order valence-corrected chi connectivity index (χ3v) is 4.08. The Morgan fingerprint density at radius 2 is 1.96 bits per heavy atom. The van der Waals surface area contributed by atoms with Crippen LogP contribution < -0.4 is 15.0 Å². The van der Waals surface area contributed by atoms with Crippen LogP contribution in [0.15, 0.2) is 36.7 Å². The van der Waals surface area contributed by atoms with E-state index in [1.165, 1.54) is 18.3 Å². The number of nitrogens with one attached hydrogen (secondary N) is 1. The second-order valence-electron chi connectivity index (χ2n) is 6.16. The first kappa shape index (κ1) is 18.9. The van der Waals surface area contributed by atoms with Gasteiger partial charge in [-0.1, -0.05) is 6.07 Å². The number of anilines is 1. The van der Waals surface area contributed by atoms with Crippen molar-refractivity contribution in [2.45, 2.75) is 25.6 Å². The van der Waals surface area contributed by atoms with Crippen molar-refractivity contribution in [3.63, 3.8) is 0 Å². The molecule has 0 aliphatic carbocycles. The number of hydrogen-bond donors (Lipinski definition) is 1. The molecule has 0 bridgehead atoms. The lowest BCUT2D eigenvalue weighted by Gasteiger charge is -2.16. The van der Waals surface area contributed by atoms with Crippen molar-refractivity contribution in [2.75, 3.05) is 24.6 Å². The topological polar surface area (TPSA) is 67.4 Å². The Bertz CT molecular complexity index is 775. The predicted molar refractivity (Wildman–Crippen MR) is 92.6 cm³/mol. The molecule has 1 aliphatic rings. The SMILES string of the molecule is O=C(NCc1ccc(N2CCCC2)nc1)c1cccnc1OCC(F)(F)F. The highest BCUT2D eigenvalue weighted by Crippen LogP contribution is 2.20. The smallest absolute Gasteiger partial charge is 0.422 e. The summed E-state index contributed by atoms with van der Waals surface area (Å²) in [5.74, 6) is -0.0172. The molecule has 2 aromatic rings. The van der Waals surface area contributed by atoms with Gasteiger partial charge in [0.25, 0.3) is 5.91 Å². The lowest BCUT2D eigenvalue weighted by Crippen LogP contribution is -2.26. The normalized spacial score (nSPS) is 14.3. The number of alkyl halides is 3. The number of amides is 1. The van der Waals surface area contributed by atoms with Crippen LogP contribution in [0, 0.1) is 0 Å². The van der Waals surface area contributed by atoms with E-state index in [-0.39, 0.29) is 18.0 Å². The Kier molecular flexibility index (Phi) is 5.78. The van der Waals surface area contributed by atoms with E-state index in [0.717, 1.165) is 37.3 Å². The van der Waals surface area contributed by atoms with Gasteiger partial charge in [-0.2, -0.15) is 13.2 Å². The van der Waals surface area contributed by atoms with Crippen LogP contribution in [0.4, 0.5) is 19.0 Å². The van der Waals surface area contributed by atoms with E-state index in [1.54, 1.807) is 6.20 Å². The predicted octanol–water partition coefficient (Wildman–Crippen LogP) is 2.95. The zero-order chi connectivity index (χ0) is 19.3. The molecule has 3 rings (SSSR count). The molecule has 0 atom stereocenters. The van der Waals surface area contributed by atoms with Gasteiger partial charge >= 0.3 is 6.18 Å². The fraction of sp³-hybridized carbons (Fsp3) is 0.389. The Morgan fingerprint density at radius 3 is 2.63 bits per heavy atom. The average Bonchev–Trinajstić information content (AvgIpc) is 3.19. The van der Waals surface area contributed by atoms with Crippen molar-refractivity contribution in [3.8, 4) is 5.88 Å². The van der Waals surface area contributed by atoms with Gasteiger partial charge in [0.1, 0.15) is 11.4 Å². The van der Waals surface area contributed by atoms with Crippen molar-refractivity contribution in [1.29, 1.82) is 0 Å². The number of rotatable bonds is 6. The standard InChI is InChI=1S/C18H19F3N4O2/c19-18(20,21)12-27-17-14(4-3-7-22-17)16(26)24-11-13-5-6-15(23-10-13)25-8-1-2-9-25/h3-7,10H,1-2,8-9,11-12H2,(H,24,26). The number of ether oxygens (including phenoxy) is 1. The third-order valence-electron chi connectivity index (χ3n) is 4.08. The summed E-state index contributed by atoms with van der Waals surface area (Å²) in [5.41, 5.74) is 0.733. The van der Waals surface area contributed by atoms with Crippen LogP contribution in [0.5, 0.6) is 5.88 Å². The maximum absolute atomic E-state index is 12.3. The lowest BCUT2D eigenvalue weighted by atomic mass is 10.2. The van der Waals surface area contributed by atoms with E-state index in [4.69, 9.17) is 0 Å². The van der Waals surface area contributed by atoms with Gasteiger partial charge in [0.15, 0.2) is 6.61 Å². The van der Waals surface area contributed by atoms with Gasteiger partial charge in [0.2, 0.25) is 5.88 Å². The molecule has 1 fully saturated rings. The summed E-state index contributed by atoms with van der Waals surface area (Å²) in [6.45, 7) is 0.668. The van der Waals surface area contributed by atoms with Gasteiger partial charge in [0.05, 0.1) is 0 Å². The zero-order valence-electron chi connectivity index (χ0n) is 14.5. The quantitative estimate of drug-likeness (QED) is 0.835. The minimum absolute atomic E-state index is 0.0524. The van der Waals surface area contributed by atoms with Crippen LogP contribution in [-0.4, -0.2) is 41.7 Å². The lowest BCUT2D eigenvalue weighted by molar-refractivity contribution is -0.154. The van der Waals surface area contributed by atoms with Crippen molar-refractivity contribution in [2.24, 2.45) is 0 Å². The second-order valence-corrected chi connectivity index (χ2v) is 6.16. The van der Waals surface area contributed by atoms with Gasteiger partial charge in [-0.3, -0.25) is 4.79 Å². The Balaban J connectivity index is 1.59. The number of hydrogen-bond acceptors (Lipinski definition) is 5. The number of nitrogens with zero attached hydrogens (tertiary/aromatic N) is 3. The summed E-state index contributed by atoms with van der Waals surface area (Å²) in [5, 5.41) is 2.65. The summed E-state index contributed by atoms with van der Waals surface area (Å²) < 4.78 is 41.6. The maximum atomic E-state index is 12.3. The number of carbonyl (C=O) groups excluding carboxylic acids is 1. The summed E-state index contributed by atoms with van der Waals surface area (Å²) in [6.07, 6.45) is 0.752. The molecule has 1 aliphatic heterocycles. The van der Waals surface area contributed by atoms with E-state index in [1.807, 2.05) is 12.1 Å².